The van der Waals surface area contributed by atoms with Crippen molar-refractivity contribution >= 4 is 27.5 Å². The highest BCUT2D eigenvalue weighted by Crippen LogP contribution is 2.29. The van der Waals surface area contributed by atoms with Crippen LogP contribution in [0.2, 0.25) is 5.02 Å². The Morgan fingerprint density at radius 2 is 1.60 bits per heavy atom. The van der Waals surface area contributed by atoms with Gasteiger partial charge in [-0.1, -0.05) is 24.4 Å². The number of rotatable bonds is 5. The Kier molecular flexibility index (Phi) is 7.02. The molecule has 3 fully saturated rings. The zero-order chi connectivity index (χ0) is 21.1. The Labute approximate surface area is 185 Å². The van der Waals surface area contributed by atoms with E-state index >= 15 is 0 Å². The van der Waals surface area contributed by atoms with E-state index in [9.17, 15) is 13.2 Å². The Morgan fingerprint density at radius 3 is 2.30 bits per heavy atom. The van der Waals surface area contributed by atoms with E-state index in [1.165, 1.54) is 23.2 Å². The number of likely N-dealkylation sites (tertiary alicyclic amines) is 2. The van der Waals surface area contributed by atoms with Crippen LogP contribution < -0.4 is 0 Å². The van der Waals surface area contributed by atoms with Gasteiger partial charge in [-0.25, -0.2) is 8.42 Å². The summed E-state index contributed by atoms with van der Waals surface area (Å²) < 4.78 is 28.1. The van der Waals surface area contributed by atoms with Crippen molar-refractivity contribution in [2.75, 3.05) is 39.3 Å². The van der Waals surface area contributed by atoms with Gasteiger partial charge in [0, 0.05) is 37.8 Å². The second kappa shape index (κ2) is 9.55. The summed E-state index contributed by atoms with van der Waals surface area (Å²) in [6.45, 7) is 4.89. The summed E-state index contributed by atoms with van der Waals surface area (Å²) in [7, 11) is -3.71. The van der Waals surface area contributed by atoms with Gasteiger partial charge in [-0.3, -0.25) is 4.79 Å². The maximum Gasteiger partial charge on any atom is 0.254 e. The fraction of sp³-hybridized carbons (Fsp3) is 0.682. The van der Waals surface area contributed by atoms with Crippen LogP contribution in [-0.4, -0.2) is 73.7 Å². The molecule has 3 heterocycles. The van der Waals surface area contributed by atoms with E-state index in [1.807, 2.05) is 4.90 Å². The van der Waals surface area contributed by atoms with Crippen LogP contribution in [0.25, 0.3) is 0 Å². The Hall–Kier alpha value is -1.15. The minimum atomic E-state index is -3.71. The first kappa shape index (κ1) is 22.1. The minimum Gasteiger partial charge on any atom is -0.334 e. The molecular formula is C22H32ClN3O3S. The highest BCUT2D eigenvalue weighted by Gasteiger charge is 2.33. The maximum absolute atomic E-state index is 13.3. The second-order valence-electron chi connectivity index (χ2n) is 8.77. The number of sulfonamides is 1. The van der Waals surface area contributed by atoms with Gasteiger partial charge in [-0.2, -0.15) is 4.31 Å². The third-order valence-corrected chi connectivity index (χ3v) is 9.05. The van der Waals surface area contributed by atoms with E-state index in [4.69, 9.17) is 11.6 Å². The predicted octanol–water partition coefficient (Wildman–Crippen LogP) is 3.61. The lowest BCUT2D eigenvalue weighted by Crippen LogP contribution is -2.42. The first-order valence-corrected chi connectivity index (χ1v) is 13.1. The first-order chi connectivity index (χ1) is 14.5. The molecule has 8 heteroatoms. The summed E-state index contributed by atoms with van der Waals surface area (Å²) in [6.07, 6.45) is 8.29. The van der Waals surface area contributed by atoms with E-state index in [0.717, 1.165) is 64.7 Å². The fourth-order valence-corrected chi connectivity index (χ4v) is 6.99. The third kappa shape index (κ3) is 4.69. The van der Waals surface area contributed by atoms with Crippen molar-refractivity contribution < 1.29 is 13.2 Å². The number of hydrogen-bond donors (Lipinski definition) is 0. The number of halogens is 1. The summed E-state index contributed by atoms with van der Waals surface area (Å²) in [4.78, 5) is 17.7. The van der Waals surface area contributed by atoms with Gasteiger partial charge >= 0.3 is 0 Å². The van der Waals surface area contributed by atoms with Crippen LogP contribution in [0, 0.1) is 0 Å². The van der Waals surface area contributed by atoms with Gasteiger partial charge in [0.25, 0.3) is 5.91 Å². The molecule has 166 valence electrons. The minimum absolute atomic E-state index is 0.0622. The Morgan fingerprint density at radius 1 is 0.933 bits per heavy atom. The predicted molar refractivity (Wildman–Crippen MR) is 118 cm³/mol. The first-order valence-electron chi connectivity index (χ1n) is 11.3. The molecule has 1 aromatic rings. The van der Waals surface area contributed by atoms with Crippen molar-refractivity contribution in [2.24, 2.45) is 0 Å². The van der Waals surface area contributed by atoms with E-state index in [2.05, 4.69) is 4.90 Å². The van der Waals surface area contributed by atoms with Gasteiger partial charge in [0.15, 0.2) is 0 Å². The van der Waals surface area contributed by atoms with Crippen molar-refractivity contribution in [2.45, 2.75) is 62.3 Å². The zero-order valence-corrected chi connectivity index (χ0v) is 19.1. The van der Waals surface area contributed by atoms with E-state index in [1.54, 1.807) is 12.1 Å². The molecule has 1 unspecified atom stereocenters. The van der Waals surface area contributed by atoms with Crippen LogP contribution in [0.3, 0.4) is 0 Å². The van der Waals surface area contributed by atoms with Gasteiger partial charge in [-0.15, -0.1) is 0 Å². The standard InChI is InChI=1S/C22H32ClN3O3S/c23-20-10-9-18(16-21(20)30(28,29)25-13-3-1-2-4-14-25)22(27)26-15-7-8-19(26)17-24-11-5-6-12-24/h9-10,16,19H,1-8,11-15,17H2. The number of amides is 1. The molecule has 6 nitrogen and oxygen atoms in total. The molecule has 0 N–H and O–H groups in total. The molecule has 3 saturated heterocycles. The molecule has 1 atom stereocenters. The number of carbonyl (C=O) groups excluding carboxylic acids is 1. The lowest BCUT2D eigenvalue weighted by molar-refractivity contribution is 0.0708. The largest absolute Gasteiger partial charge is 0.334 e. The fourth-order valence-electron chi connectivity index (χ4n) is 4.98. The number of nitrogens with zero attached hydrogens (tertiary/aromatic N) is 3. The molecule has 0 bridgehead atoms. The van der Waals surface area contributed by atoms with Crippen molar-refractivity contribution in [1.29, 1.82) is 0 Å². The molecule has 30 heavy (non-hydrogen) atoms. The lowest BCUT2D eigenvalue weighted by atomic mass is 10.1. The van der Waals surface area contributed by atoms with Crippen molar-refractivity contribution in [3.05, 3.63) is 28.8 Å². The van der Waals surface area contributed by atoms with E-state index in [-0.39, 0.29) is 21.9 Å². The van der Waals surface area contributed by atoms with Gasteiger partial charge < -0.3 is 9.80 Å². The van der Waals surface area contributed by atoms with Crippen LogP contribution in [0.4, 0.5) is 0 Å². The van der Waals surface area contributed by atoms with E-state index < -0.39 is 10.0 Å². The van der Waals surface area contributed by atoms with Crippen LogP contribution >= 0.6 is 11.6 Å². The molecule has 0 spiro atoms. The average molecular weight is 454 g/mol. The summed E-state index contributed by atoms with van der Waals surface area (Å²) >= 11 is 6.31. The molecule has 1 aromatic carbocycles. The molecule has 0 radical (unpaired) electrons. The third-order valence-electron chi connectivity index (χ3n) is 6.67. The van der Waals surface area contributed by atoms with Gasteiger partial charge in [-0.05, 0) is 69.8 Å². The molecular weight excluding hydrogens is 422 g/mol. The van der Waals surface area contributed by atoms with Gasteiger partial charge in [0.2, 0.25) is 10.0 Å². The smallest absolute Gasteiger partial charge is 0.254 e. The van der Waals surface area contributed by atoms with Gasteiger partial charge in [0.1, 0.15) is 4.90 Å². The topological polar surface area (TPSA) is 60.9 Å². The molecule has 3 aliphatic heterocycles. The average Bonchev–Trinajstić information content (AvgIpc) is 3.33. The molecule has 4 rings (SSSR count). The SMILES string of the molecule is O=C(c1ccc(Cl)c(S(=O)(=O)N2CCCCCC2)c1)N1CCCC1CN1CCCC1. The molecule has 0 saturated carbocycles. The molecule has 0 aliphatic carbocycles. The van der Waals surface area contributed by atoms with Gasteiger partial charge in [0.05, 0.1) is 5.02 Å². The highest BCUT2D eigenvalue weighted by atomic mass is 35.5. The summed E-state index contributed by atoms with van der Waals surface area (Å²) in [6, 6.07) is 4.93. The summed E-state index contributed by atoms with van der Waals surface area (Å²) in [5.41, 5.74) is 0.418. The second-order valence-corrected chi connectivity index (χ2v) is 11.1. The van der Waals surface area contributed by atoms with Crippen molar-refractivity contribution in [1.82, 2.24) is 14.1 Å². The van der Waals surface area contributed by atoms with Crippen molar-refractivity contribution in [3.63, 3.8) is 0 Å². The molecule has 0 aromatic heterocycles. The quantitative estimate of drug-likeness (QED) is 0.683. The van der Waals surface area contributed by atoms with Crippen LogP contribution in [0.5, 0.6) is 0 Å². The normalized spacial score (nSPS) is 24.3. The Balaban J connectivity index is 1.55. The molecule has 1 amide bonds. The monoisotopic (exact) mass is 453 g/mol. The number of carbonyl (C=O) groups is 1. The lowest BCUT2D eigenvalue weighted by Gasteiger charge is -2.29. The van der Waals surface area contributed by atoms with Crippen LogP contribution in [0.15, 0.2) is 23.1 Å². The zero-order valence-electron chi connectivity index (χ0n) is 17.6. The van der Waals surface area contributed by atoms with E-state index in [0.29, 0.717) is 18.7 Å². The Bertz CT molecular complexity index is 862. The molecule has 3 aliphatic rings. The maximum atomic E-state index is 13.3. The van der Waals surface area contributed by atoms with Crippen LogP contribution in [-0.2, 0) is 10.0 Å². The number of benzene rings is 1. The highest BCUT2D eigenvalue weighted by molar-refractivity contribution is 7.89. The summed E-state index contributed by atoms with van der Waals surface area (Å²) in [5, 5.41) is 0.186. The van der Waals surface area contributed by atoms with Crippen molar-refractivity contribution in [3.8, 4) is 0 Å². The summed E-state index contributed by atoms with van der Waals surface area (Å²) in [5.74, 6) is -0.0827. The van der Waals surface area contributed by atoms with Crippen LogP contribution in [0.1, 0.15) is 61.7 Å². The number of hydrogen-bond acceptors (Lipinski definition) is 4.